The Morgan fingerprint density at radius 3 is 2.61 bits per heavy atom. The molecular formula is C21H27N5O8S2. The topological polar surface area (TPSA) is 183 Å². The monoisotopic (exact) mass is 541 g/mol. The summed E-state index contributed by atoms with van der Waals surface area (Å²) in [5, 5.41) is 15.8. The van der Waals surface area contributed by atoms with E-state index in [1.165, 1.54) is 36.1 Å². The highest BCUT2D eigenvalue weighted by Gasteiger charge is 2.55. The molecule has 1 aromatic rings. The number of carbonyl (C=O) groups is 4. The highest BCUT2D eigenvalue weighted by atomic mass is 32.2. The first-order chi connectivity index (χ1) is 16.9. The van der Waals surface area contributed by atoms with Gasteiger partial charge in [-0.15, -0.1) is 23.1 Å². The second-order valence-electron chi connectivity index (χ2n) is 8.89. The Hall–Kier alpha value is -3.17. The molecule has 0 bridgehead atoms. The average Bonchev–Trinajstić information content (AvgIpc) is 3.22. The molecule has 196 valence electrons. The van der Waals surface area contributed by atoms with Crippen LogP contribution in [0.1, 0.15) is 33.4 Å². The molecule has 2 amide bonds. The minimum absolute atomic E-state index is 0.0296. The molecule has 3 heterocycles. The third-order valence-electron chi connectivity index (χ3n) is 5.08. The number of nitrogens with one attached hydrogen (secondary N) is 1. The molecule has 0 saturated carbocycles. The maximum atomic E-state index is 13.0. The SMILES string of the molecule is COCC1=C(C(=O)OC(C)OC(=O)C(C)(C)C)N2C(=O)C(NC(=O)/C(=N/O)c3csc(N)n3)[C@H]2SC1. The van der Waals surface area contributed by atoms with Crippen LogP contribution in [0.25, 0.3) is 0 Å². The first-order valence-corrected chi connectivity index (χ1v) is 12.6. The molecule has 2 aliphatic rings. The van der Waals surface area contributed by atoms with Crippen molar-refractivity contribution in [2.75, 3.05) is 25.2 Å². The van der Waals surface area contributed by atoms with Crippen molar-refractivity contribution in [2.45, 2.75) is 45.4 Å². The number of hydrogen-bond donors (Lipinski definition) is 3. The number of carbonyl (C=O) groups excluding carboxylic acids is 4. The summed E-state index contributed by atoms with van der Waals surface area (Å²) in [7, 11) is 1.45. The lowest BCUT2D eigenvalue weighted by atomic mass is 9.97. The minimum Gasteiger partial charge on any atom is -0.425 e. The van der Waals surface area contributed by atoms with E-state index in [4.69, 9.17) is 19.9 Å². The van der Waals surface area contributed by atoms with Gasteiger partial charge < -0.3 is 30.5 Å². The fourth-order valence-corrected chi connectivity index (χ4v) is 5.21. The summed E-state index contributed by atoms with van der Waals surface area (Å²) in [5.41, 5.74) is 4.90. The number of esters is 2. The summed E-state index contributed by atoms with van der Waals surface area (Å²) in [6.45, 7) is 6.45. The number of nitrogens with two attached hydrogens (primary N) is 1. The van der Waals surface area contributed by atoms with Gasteiger partial charge in [-0.2, -0.15) is 0 Å². The third kappa shape index (κ3) is 5.63. The second kappa shape index (κ2) is 10.8. The molecule has 1 fully saturated rings. The van der Waals surface area contributed by atoms with Crippen molar-refractivity contribution in [3.63, 3.8) is 0 Å². The number of fused-ring (bicyclic) bond motifs is 1. The second-order valence-corrected chi connectivity index (χ2v) is 10.9. The third-order valence-corrected chi connectivity index (χ3v) is 7.10. The largest absolute Gasteiger partial charge is 0.425 e. The van der Waals surface area contributed by atoms with E-state index < -0.39 is 52.6 Å². The quantitative estimate of drug-likeness (QED) is 0.105. The number of hydrogen-bond acceptors (Lipinski definition) is 13. The number of amides is 2. The Balaban J connectivity index is 1.75. The molecule has 3 atom stereocenters. The molecule has 13 nitrogen and oxygen atoms in total. The van der Waals surface area contributed by atoms with Crippen molar-refractivity contribution in [3.05, 3.63) is 22.3 Å². The molecule has 0 aliphatic carbocycles. The summed E-state index contributed by atoms with van der Waals surface area (Å²) < 4.78 is 15.7. The molecule has 1 aromatic heterocycles. The molecule has 0 radical (unpaired) electrons. The first-order valence-electron chi connectivity index (χ1n) is 10.7. The van der Waals surface area contributed by atoms with Crippen LogP contribution in [0.2, 0.25) is 0 Å². The van der Waals surface area contributed by atoms with Gasteiger partial charge in [0.1, 0.15) is 22.8 Å². The summed E-state index contributed by atoms with van der Waals surface area (Å²) in [5.74, 6) is -2.51. The molecule has 4 N–H and O–H groups in total. The fraction of sp³-hybridized carbons (Fsp3) is 0.524. The number of aromatic nitrogens is 1. The summed E-state index contributed by atoms with van der Waals surface area (Å²) >= 11 is 2.37. The van der Waals surface area contributed by atoms with Gasteiger partial charge in [0.15, 0.2) is 10.8 Å². The average molecular weight is 542 g/mol. The number of nitrogen functional groups attached to an aromatic ring is 1. The lowest BCUT2D eigenvalue weighted by Crippen LogP contribution is -2.71. The van der Waals surface area contributed by atoms with Gasteiger partial charge in [0.25, 0.3) is 11.8 Å². The van der Waals surface area contributed by atoms with Crippen LogP contribution in [0.3, 0.4) is 0 Å². The predicted octanol–water partition coefficient (Wildman–Crippen LogP) is 0.683. The standard InChI is InChI=1S/C21H27N5O8S2/c1-9(34-19(30)21(2,3)4)33-18(29)14-10(6-32-5)7-35-17-13(16(28)26(14)17)24-15(27)12(25-31)11-8-36-20(22)23-11/h8-9,13,17,31H,6-7H2,1-5H3,(H2,22,23)(H,24,27)/b25-12+/t9?,13?,17-/m1/s1. The molecule has 1 saturated heterocycles. The van der Waals surface area contributed by atoms with Gasteiger partial charge in [0.05, 0.1) is 12.0 Å². The number of methoxy groups -OCH3 is 1. The molecule has 15 heteroatoms. The van der Waals surface area contributed by atoms with E-state index in [1.807, 2.05) is 0 Å². The van der Waals surface area contributed by atoms with Crippen molar-refractivity contribution in [3.8, 4) is 0 Å². The van der Waals surface area contributed by atoms with Crippen molar-refractivity contribution < 1.29 is 38.6 Å². The van der Waals surface area contributed by atoms with Crippen molar-refractivity contribution in [1.82, 2.24) is 15.2 Å². The van der Waals surface area contributed by atoms with Gasteiger partial charge in [0, 0.05) is 25.2 Å². The van der Waals surface area contributed by atoms with Crippen LogP contribution < -0.4 is 11.1 Å². The Morgan fingerprint density at radius 2 is 2.06 bits per heavy atom. The minimum atomic E-state index is -1.20. The van der Waals surface area contributed by atoms with E-state index in [0.717, 1.165) is 11.3 Å². The van der Waals surface area contributed by atoms with Crippen LogP contribution in [0, 0.1) is 5.41 Å². The zero-order valence-electron chi connectivity index (χ0n) is 20.3. The number of anilines is 1. The number of thiazole rings is 1. The van der Waals surface area contributed by atoms with Crippen LogP contribution in [0.4, 0.5) is 5.13 Å². The summed E-state index contributed by atoms with van der Waals surface area (Å²) in [6.07, 6.45) is -1.20. The molecule has 0 spiro atoms. The van der Waals surface area contributed by atoms with E-state index in [1.54, 1.807) is 20.8 Å². The lowest BCUT2D eigenvalue weighted by molar-refractivity contribution is -0.190. The predicted molar refractivity (Wildman–Crippen MR) is 130 cm³/mol. The lowest BCUT2D eigenvalue weighted by Gasteiger charge is -2.49. The van der Waals surface area contributed by atoms with Crippen LogP contribution >= 0.6 is 23.1 Å². The number of thioether (sulfide) groups is 1. The molecular weight excluding hydrogens is 514 g/mol. The zero-order valence-corrected chi connectivity index (χ0v) is 21.9. The first kappa shape index (κ1) is 27.4. The van der Waals surface area contributed by atoms with Crippen molar-refractivity contribution in [1.29, 1.82) is 0 Å². The van der Waals surface area contributed by atoms with E-state index in [9.17, 15) is 24.4 Å². The molecule has 2 unspecified atom stereocenters. The van der Waals surface area contributed by atoms with E-state index in [0.29, 0.717) is 11.3 Å². The number of ether oxygens (including phenoxy) is 3. The van der Waals surface area contributed by atoms with Crippen LogP contribution in [0.15, 0.2) is 21.8 Å². The van der Waals surface area contributed by atoms with Gasteiger partial charge in [-0.1, -0.05) is 5.16 Å². The van der Waals surface area contributed by atoms with Crippen molar-refractivity contribution in [2.24, 2.45) is 10.6 Å². The van der Waals surface area contributed by atoms with Gasteiger partial charge in [-0.25, -0.2) is 9.78 Å². The molecule has 36 heavy (non-hydrogen) atoms. The van der Waals surface area contributed by atoms with Crippen LogP contribution in [0.5, 0.6) is 0 Å². The number of β-lactam (4-membered cyclic amide) rings is 1. The number of rotatable bonds is 8. The normalized spacial score (nSPS) is 20.9. The highest BCUT2D eigenvalue weighted by Crippen LogP contribution is 2.41. The molecule has 2 aliphatic heterocycles. The van der Waals surface area contributed by atoms with Crippen LogP contribution in [-0.2, 0) is 33.4 Å². The Bertz CT molecular complexity index is 1130. The maximum Gasteiger partial charge on any atom is 0.358 e. The van der Waals surface area contributed by atoms with Gasteiger partial charge in [0.2, 0.25) is 6.29 Å². The van der Waals surface area contributed by atoms with Gasteiger partial charge in [-0.05, 0) is 26.3 Å². The molecule has 3 rings (SSSR count). The fourth-order valence-electron chi connectivity index (χ4n) is 3.33. The Morgan fingerprint density at radius 1 is 1.36 bits per heavy atom. The Kier molecular flexibility index (Phi) is 8.26. The molecule has 0 aromatic carbocycles. The van der Waals surface area contributed by atoms with E-state index >= 15 is 0 Å². The summed E-state index contributed by atoms with van der Waals surface area (Å²) in [6, 6.07) is -1.00. The van der Waals surface area contributed by atoms with Gasteiger partial charge >= 0.3 is 11.9 Å². The highest BCUT2D eigenvalue weighted by molar-refractivity contribution is 8.00. The zero-order chi connectivity index (χ0) is 26.8. The van der Waals surface area contributed by atoms with Gasteiger partial charge in [-0.3, -0.25) is 19.3 Å². The smallest absolute Gasteiger partial charge is 0.358 e. The Labute approximate surface area is 215 Å². The summed E-state index contributed by atoms with van der Waals surface area (Å²) in [4.78, 5) is 56.0. The van der Waals surface area contributed by atoms with Crippen LogP contribution in [-0.4, -0.2) is 81.7 Å². The van der Waals surface area contributed by atoms with E-state index in [-0.39, 0.29) is 23.1 Å². The van der Waals surface area contributed by atoms with Crippen molar-refractivity contribution >= 4 is 57.7 Å². The van der Waals surface area contributed by atoms with E-state index in [2.05, 4.69) is 15.5 Å². The maximum absolute atomic E-state index is 13.0. The number of nitrogens with zero attached hydrogens (tertiary/aromatic N) is 3. The number of oxime groups is 1.